The Kier molecular flexibility index (Phi) is 8.41. The lowest BCUT2D eigenvalue weighted by atomic mass is 10.2. The number of esters is 1. The molecule has 1 aromatic heterocycles. The first kappa shape index (κ1) is 25.3. The van der Waals surface area contributed by atoms with Crippen molar-refractivity contribution in [1.29, 1.82) is 0 Å². The van der Waals surface area contributed by atoms with E-state index in [4.69, 9.17) is 11.6 Å². The second-order valence-corrected chi connectivity index (χ2v) is 8.07. The topological polar surface area (TPSA) is 118 Å². The van der Waals surface area contributed by atoms with Crippen LogP contribution < -0.4 is 16.0 Å². The first-order valence-corrected chi connectivity index (χ1v) is 11.6. The molecule has 37 heavy (non-hydrogen) atoms. The Morgan fingerprint density at radius 3 is 2.14 bits per heavy atom. The fourth-order valence-electron chi connectivity index (χ4n) is 3.24. The van der Waals surface area contributed by atoms with Gasteiger partial charge in [0.1, 0.15) is 0 Å². The molecule has 9 nitrogen and oxygen atoms in total. The Labute approximate surface area is 218 Å². The lowest BCUT2D eigenvalue weighted by Gasteiger charge is -2.10. The minimum absolute atomic E-state index is 0.0932. The lowest BCUT2D eigenvalue weighted by molar-refractivity contribution is 0.0600. The SMILES string of the molecule is COC(=O)c1ccc(NC(=O)Nc2ccc(CNc3nc(Cl)nc(/C=C/c4ccccc4)n3)cc2)cc1. The van der Waals surface area contributed by atoms with Crippen LogP contribution in [0.1, 0.15) is 27.3 Å². The number of nitrogens with one attached hydrogen (secondary N) is 3. The molecule has 0 spiro atoms. The van der Waals surface area contributed by atoms with Crippen LogP contribution >= 0.6 is 11.6 Å². The highest BCUT2D eigenvalue weighted by Gasteiger charge is 2.07. The Balaban J connectivity index is 1.30. The van der Waals surface area contributed by atoms with E-state index in [9.17, 15) is 9.59 Å². The quantitative estimate of drug-likeness (QED) is 0.257. The van der Waals surface area contributed by atoms with Gasteiger partial charge < -0.3 is 20.7 Å². The van der Waals surface area contributed by atoms with E-state index in [0.29, 0.717) is 35.3 Å². The standard InChI is InChI=1S/C27H23ClN6O3/c1-37-24(35)20-10-14-22(15-11-20)31-27(36)30-21-12-7-19(8-13-21)17-29-26-33-23(32-25(28)34-26)16-9-18-5-3-2-4-6-18/h2-16H,17H2,1H3,(H2,30,31,36)(H,29,32,33,34)/b16-9+. The number of hydrogen-bond acceptors (Lipinski definition) is 7. The molecule has 0 fully saturated rings. The van der Waals surface area contributed by atoms with Crippen LogP contribution in [0.5, 0.6) is 0 Å². The predicted molar refractivity (Wildman–Crippen MR) is 144 cm³/mol. The minimum atomic E-state index is -0.440. The highest BCUT2D eigenvalue weighted by molar-refractivity contribution is 6.28. The molecule has 0 aliphatic rings. The van der Waals surface area contributed by atoms with Crippen molar-refractivity contribution in [2.24, 2.45) is 0 Å². The number of carbonyl (C=O) groups excluding carboxylic acids is 2. The van der Waals surface area contributed by atoms with E-state index in [2.05, 4.69) is 35.6 Å². The van der Waals surface area contributed by atoms with Crippen LogP contribution in [0.3, 0.4) is 0 Å². The molecule has 0 aliphatic carbocycles. The number of benzene rings is 3. The number of aromatic nitrogens is 3. The van der Waals surface area contributed by atoms with E-state index >= 15 is 0 Å². The van der Waals surface area contributed by atoms with Gasteiger partial charge in [-0.2, -0.15) is 15.0 Å². The van der Waals surface area contributed by atoms with Crippen molar-refractivity contribution in [2.75, 3.05) is 23.1 Å². The second-order valence-electron chi connectivity index (χ2n) is 7.73. The van der Waals surface area contributed by atoms with Crippen LogP contribution in [0.2, 0.25) is 5.28 Å². The molecule has 0 atom stereocenters. The molecule has 3 aromatic carbocycles. The number of ether oxygens (including phenoxy) is 1. The van der Waals surface area contributed by atoms with E-state index < -0.39 is 12.0 Å². The van der Waals surface area contributed by atoms with Crippen molar-refractivity contribution >= 4 is 53.1 Å². The van der Waals surface area contributed by atoms with Gasteiger partial charge in [0.2, 0.25) is 11.2 Å². The van der Waals surface area contributed by atoms with Gasteiger partial charge in [-0.15, -0.1) is 0 Å². The normalized spacial score (nSPS) is 10.6. The number of halogens is 1. The van der Waals surface area contributed by atoms with Crippen LogP contribution in [0.15, 0.2) is 78.9 Å². The molecule has 4 aromatic rings. The number of methoxy groups -OCH3 is 1. The Morgan fingerprint density at radius 1 is 0.838 bits per heavy atom. The van der Waals surface area contributed by atoms with E-state index in [1.165, 1.54) is 7.11 Å². The zero-order chi connectivity index (χ0) is 26.0. The molecule has 3 N–H and O–H groups in total. The molecule has 0 bridgehead atoms. The monoisotopic (exact) mass is 514 g/mol. The summed E-state index contributed by atoms with van der Waals surface area (Å²) in [6.07, 6.45) is 3.67. The second kappa shape index (κ2) is 12.3. The van der Waals surface area contributed by atoms with Crippen molar-refractivity contribution in [1.82, 2.24) is 15.0 Å². The fraction of sp³-hybridized carbons (Fsp3) is 0.0741. The van der Waals surface area contributed by atoms with Gasteiger partial charge >= 0.3 is 12.0 Å². The fourth-order valence-corrected chi connectivity index (χ4v) is 3.41. The first-order chi connectivity index (χ1) is 18.0. The first-order valence-electron chi connectivity index (χ1n) is 11.2. The molecule has 0 saturated carbocycles. The minimum Gasteiger partial charge on any atom is -0.465 e. The number of hydrogen-bond donors (Lipinski definition) is 3. The van der Waals surface area contributed by atoms with Crippen molar-refractivity contribution in [2.45, 2.75) is 6.54 Å². The van der Waals surface area contributed by atoms with E-state index in [1.54, 1.807) is 42.5 Å². The summed E-state index contributed by atoms with van der Waals surface area (Å²) in [6.45, 7) is 0.446. The molecular formula is C27H23ClN6O3. The summed E-state index contributed by atoms with van der Waals surface area (Å²) in [5, 5.41) is 8.70. The van der Waals surface area contributed by atoms with Crippen LogP contribution in [0.25, 0.3) is 12.2 Å². The predicted octanol–water partition coefficient (Wildman–Crippen LogP) is 5.74. The number of amides is 2. The van der Waals surface area contributed by atoms with Gasteiger partial charge in [-0.25, -0.2) is 9.59 Å². The summed E-state index contributed by atoms with van der Waals surface area (Å²) in [6, 6.07) is 23.1. The maximum Gasteiger partial charge on any atom is 0.337 e. The van der Waals surface area contributed by atoms with Crippen molar-refractivity contribution in [3.05, 3.63) is 107 Å². The third kappa shape index (κ3) is 7.61. The molecule has 4 rings (SSSR count). The van der Waals surface area contributed by atoms with Gasteiger partial charge in [0.25, 0.3) is 0 Å². The molecule has 10 heteroatoms. The molecule has 2 amide bonds. The molecule has 186 valence electrons. The van der Waals surface area contributed by atoms with Gasteiger partial charge in [-0.3, -0.25) is 0 Å². The van der Waals surface area contributed by atoms with E-state index in [1.807, 2.05) is 48.5 Å². The summed E-state index contributed by atoms with van der Waals surface area (Å²) in [4.78, 5) is 36.4. The van der Waals surface area contributed by atoms with Crippen molar-refractivity contribution < 1.29 is 14.3 Å². The molecule has 0 saturated heterocycles. The van der Waals surface area contributed by atoms with E-state index in [-0.39, 0.29) is 5.28 Å². The van der Waals surface area contributed by atoms with Crippen molar-refractivity contribution in [3.8, 4) is 0 Å². The molecule has 1 heterocycles. The Bertz CT molecular complexity index is 1390. The highest BCUT2D eigenvalue weighted by atomic mass is 35.5. The number of nitrogens with zero attached hydrogens (tertiary/aromatic N) is 3. The summed E-state index contributed by atoms with van der Waals surface area (Å²) in [7, 11) is 1.31. The van der Waals surface area contributed by atoms with Gasteiger partial charge in [0.05, 0.1) is 12.7 Å². The number of urea groups is 1. The zero-order valence-electron chi connectivity index (χ0n) is 19.8. The maximum atomic E-state index is 12.3. The Morgan fingerprint density at radius 2 is 1.49 bits per heavy atom. The Hall–Kier alpha value is -4.76. The number of anilines is 3. The zero-order valence-corrected chi connectivity index (χ0v) is 20.6. The van der Waals surface area contributed by atoms with Gasteiger partial charge in [-0.1, -0.05) is 48.5 Å². The third-order valence-corrected chi connectivity index (χ3v) is 5.25. The largest absolute Gasteiger partial charge is 0.465 e. The molecule has 0 radical (unpaired) electrons. The van der Waals surface area contributed by atoms with Crippen molar-refractivity contribution in [3.63, 3.8) is 0 Å². The summed E-state index contributed by atoms with van der Waals surface area (Å²) >= 11 is 6.07. The molecule has 0 aliphatic heterocycles. The summed E-state index contributed by atoms with van der Waals surface area (Å²) in [5.74, 6) is 0.355. The van der Waals surface area contributed by atoms with Crippen LogP contribution in [0, 0.1) is 0 Å². The van der Waals surface area contributed by atoms with E-state index in [0.717, 1.165) is 11.1 Å². The van der Waals surface area contributed by atoms with Crippen LogP contribution in [-0.2, 0) is 11.3 Å². The summed E-state index contributed by atoms with van der Waals surface area (Å²) < 4.78 is 4.66. The number of carbonyl (C=O) groups is 2. The van der Waals surface area contributed by atoms with Gasteiger partial charge in [-0.05, 0) is 65.2 Å². The lowest BCUT2D eigenvalue weighted by Crippen LogP contribution is -2.19. The summed E-state index contributed by atoms with van der Waals surface area (Å²) in [5.41, 5.74) is 3.52. The number of rotatable bonds is 8. The van der Waals surface area contributed by atoms with Gasteiger partial charge in [0.15, 0.2) is 5.82 Å². The maximum absolute atomic E-state index is 12.3. The van der Waals surface area contributed by atoms with Crippen LogP contribution in [-0.4, -0.2) is 34.1 Å². The smallest absolute Gasteiger partial charge is 0.337 e. The molecule has 0 unspecified atom stereocenters. The van der Waals surface area contributed by atoms with Crippen LogP contribution in [0.4, 0.5) is 22.1 Å². The molecular weight excluding hydrogens is 492 g/mol. The average molecular weight is 515 g/mol. The van der Waals surface area contributed by atoms with Gasteiger partial charge in [0, 0.05) is 17.9 Å². The highest BCUT2D eigenvalue weighted by Crippen LogP contribution is 2.15. The average Bonchev–Trinajstić information content (AvgIpc) is 2.92. The third-order valence-electron chi connectivity index (χ3n) is 5.08.